The zero-order valence-electron chi connectivity index (χ0n) is 10.9. The molecule has 0 aliphatic rings. The van der Waals surface area contributed by atoms with E-state index in [-0.39, 0.29) is 0 Å². The van der Waals surface area contributed by atoms with Crippen molar-refractivity contribution in [3.05, 3.63) is 18.0 Å². The van der Waals surface area contributed by atoms with Crippen molar-refractivity contribution in [2.24, 2.45) is 5.92 Å². The average Bonchev–Trinajstić information content (AvgIpc) is 2.70. The number of nitrogens with zero attached hydrogens (tertiary/aromatic N) is 2. The number of hydrogen-bond acceptors (Lipinski definition) is 2. The molecule has 16 heavy (non-hydrogen) atoms. The minimum Gasteiger partial charge on any atom is -0.317 e. The van der Waals surface area contributed by atoms with Gasteiger partial charge >= 0.3 is 0 Å². The molecule has 0 saturated carbocycles. The van der Waals surface area contributed by atoms with Crippen molar-refractivity contribution < 1.29 is 0 Å². The lowest BCUT2D eigenvalue weighted by Crippen LogP contribution is -2.14. The number of aromatic nitrogens is 2. The van der Waals surface area contributed by atoms with Crippen molar-refractivity contribution in [2.45, 2.75) is 46.6 Å². The van der Waals surface area contributed by atoms with Crippen molar-refractivity contribution in [3.63, 3.8) is 0 Å². The van der Waals surface area contributed by atoms with Crippen LogP contribution in [0, 0.1) is 5.92 Å². The highest BCUT2D eigenvalue weighted by Gasteiger charge is 2.00. The molecule has 0 fully saturated rings. The third-order valence-electron chi connectivity index (χ3n) is 2.69. The molecule has 0 radical (unpaired) electrons. The Morgan fingerprint density at radius 1 is 1.44 bits per heavy atom. The smallest absolute Gasteiger partial charge is 0.0521 e. The van der Waals surface area contributed by atoms with Crippen LogP contribution in [0.15, 0.2) is 12.4 Å². The Balaban J connectivity index is 2.22. The van der Waals surface area contributed by atoms with Gasteiger partial charge in [-0.25, -0.2) is 0 Å². The predicted octanol–water partition coefficient (Wildman–Crippen LogP) is 2.47. The van der Waals surface area contributed by atoms with Crippen molar-refractivity contribution in [2.75, 3.05) is 13.1 Å². The van der Waals surface area contributed by atoms with E-state index in [9.17, 15) is 0 Å². The van der Waals surface area contributed by atoms with Gasteiger partial charge in [-0.3, -0.25) is 4.68 Å². The van der Waals surface area contributed by atoms with Crippen molar-refractivity contribution in [3.8, 4) is 0 Å². The number of nitrogens with one attached hydrogen (secondary N) is 1. The molecule has 1 aromatic heterocycles. The summed E-state index contributed by atoms with van der Waals surface area (Å²) in [5.74, 6) is 0.751. The Kier molecular flexibility index (Phi) is 6.16. The quantitative estimate of drug-likeness (QED) is 0.686. The van der Waals surface area contributed by atoms with Gasteiger partial charge in [0.25, 0.3) is 0 Å². The molecule has 1 heterocycles. The second kappa shape index (κ2) is 7.44. The average molecular weight is 223 g/mol. The number of rotatable bonds is 8. The molecule has 1 rings (SSSR count). The van der Waals surface area contributed by atoms with Crippen molar-refractivity contribution >= 4 is 0 Å². The molecule has 0 aromatic carbocycles. The molecule has 1 N–H and O–H groups in total. The van der Waals surface area contributed by atoms with Crippen LogP contribution in [0.1, 0.15) is 39.2 Å². The standard InChI is InChI=1S/C13H25N3/c1-4-14-8-5-6-13-10-15-16(11-13)9-7-12(2)3/h10-12,14H,4-9H2,1-3H3. The van der Waals surface area contributed by atoms with E-state index in [1.807, 2.05) is 6.20 Å². The Morgan fingerprint density at radius 3 is 2.94 bits per heavy atom. The number of hydrogen-bond donors (Lipinski definition) is 1. The molecule has 0 unspecified atom stereocenters. The van der Waals surface area contributed by atoms with Gasteiger partial charge in [-0.15, -0.1) is 0 Å². The molecule has 0 aliphatic carbocycles. The van der Waals surface area contributed by atoms with Gasteiger partial charge in [0.2, 0.25) is 0 Å². The van der Waals surface area contributed by atoms with Crippen LogP contribution in [-0.4, -0.2) is 22.9 Å². The van der Waals surface area contributed by atoms with Gasteiger partial charge in [0.1, 0.15) is 0 Å². The number of aryl methyl sites for hydroxylation is 2. The first-order valence-electron chi connectivity index (χ1n) is 6.44. The summed E-state index contributed by atoms with van der Waals surface area (Å²) in [6, 6.07) is 0. The molecule has 0 atom stereocenters. The molecule has 0 bridgehead atoms. The molecule has 0 aliphatic heterocycles. The fraction of sp³-hybridized carbons (Fsp3) is 0.769. The zero-order valence-corrected chi connectivity index (χ0v) is 10.9. The molecular weight excluding hydrogens is 198 g/mol. The van der Waals surface area contributed by atoms with Crippen LogP contribution < -0.4 is 5.32 Å². The van der Waals surface area contributed by atoms with Crippen LogP contribution in [0.3, 0.4) is 0 Å². The van der Waals surface area contributed by atoms with Gasteiger partial charge in [0, 0.05) is 12.7 Å². The van der Waals surface area contributed by atoms with Gasteiger partial charge in [-0.2, -0.15) is 5.10 Å². The summed E-state index contributed by atoms with van der Waals surface area (Å²) in [5, 5.41) is 7.72. The monoisotopic (exact) mass is 223 g/mol. The summed E-state index contributed by atoms with van der Waals surface area (Å²) >= 11 is 0. The van der Waals surface area contributed by atoms with Gasteiger partial charge < -0.3 is 5.32 Å². The van der Waals surface area contributed by atoms with Crippen LogP contribution in [0.25, 0.3) is 0 Å². The lowest BCUT2D eigenvalue weighted by molar-refractivity contribution is 0.487. The van der Waals surface area contributed by atoms with E-state index in [0.29, 0.717) is 0 Å². The summed E-state index contributed by atoms with van der Waals surface area (Å²) in [6.45, 7) is 9.86. The molecular formula is C13H25N3. The highest BCUT2D eigenvalue weighted by Crippen LogP contribution is 2.05. The second-order valence-electron chi connectivity index (χ2n) is 4.75. The minimum atomic E-state index is 0.751. The van der Waals surface area contributed by atoms with Crippen LogP contribution >= 0.6 is 0 Å². The first kappa shape index (κ1) is 13.2. The first-order valence-corrected chi connectivity index (χ1v) is 6.44. The van der Waals surface area contributed by atoms with Gasteiger partial charge in [0.05, 0.1) is 6.20 Å². The molecule has 92 valence electrons. The molecule has 0 saturated heterocycles. The normalized spacial score (nSPS) is 11.2. The van der Waals surface area contributed by atoms with E-state index >= 15 is 0 Å². The fourth-order valence-corrected chi connectivity index (χ4v) is 1.64. The topological polar surface area (TPSA) is 29.9 Å². The predicted molar refractivity (Wildman–Crippen MR) is 68.5 cm³/mol. The molecule has 0 spiro atoms. The molecule has 1 aromatic rings. The Hall–Kier alpha value is -0.830. The van der Waals surface area contributed by atoms with Crippen molar-refractivity contribution in [1.29, 1.82) is 0 Å². The Labute approximate surface area is 99.2 Å². The van der Waals surface area contributed by atoms with E-state index in [1.165, 1.54) is 18.4 Å². The first-order chi connectivity index (χ1) is 7.72. The SMILES string of the molecule is CCNCCCc1cnn(CCC(C)C)c1. The van der Waals surface area contributed by atoms with Gasteiger partial charge in [0.15, 0.2) is 0 Å². The lowest BCUT2D eigenvalue weighted by atomic mass is 10.1. The third-order valence-corrected chi connectivity index (χ3v) is 2.69. The Bertz CT molecular complexity index is 278. The summed E-state index contributed by atoms with van der Waals surface area (Å²) in [4.78, 5) is 0. The van der Waals surface area contributed by atoms with E-state index in [2.05, 4.69) is 42.1 Å². The fourth-order valence-electron chi connectivity index (χ4n) is 1.64. The highest BCUT2D eigenvalue weighted by molar-refractivity contribution is 5.03. The van der Waals surface area contributed by atoms with Gasteiger partial charge in [-0.1, -0.05) is 20.8 Å². The largest absolute Gasteiger partial charge is 0.317 e. The van der Waals surface area contributed by atoms with E-state index in [0.717, 1.165) is 32.0 Å². The molecule has 3 heteroatoms. The zero-order chi connectivity index (χ0) is 11.8. The van der Waals surface area contributed by atoms with Crippen molar-refractivity contribution in [1.82, 2.24) is 15.1 Å². The van der Waals surface area contributed by atoms with E-state index in [1.54, 1.807) is 0 Å². The molecule has 0 amide bonds. The second-order valence-corrected chi connectivity index (χ2v) is 4.75. The van der Waals surface area contributed by atoms with Crippen LogP contribution in [0.4, 0.5) is 0 Å². The van der Waals surface area contributed by atoms with Crippen LogP contribution in [-0.2, 0) is 13.0 Å². The lowest BCUT2D eigenvalue weighted by Gasteiger charge is -2.03. The maximum Gasteiger partial charge on any atom is 0.0521 e. The minimum absolute atomic E-state index is 0.751. The molecule has 3 nitrogen and oxygen atoms in total. The Morgan fingerprint density at radius 2 is 2.25 bits per heavy atom. The summed E-state index contributed by atoms with van der Waals surface area (Å²) in [6.07, 6.45) is 7.73. The van der Waals surface area contributed by atoms with E-state index in [4.69, 9.17) is 0 Å². The summed E-state index contributed by atoms with van der Waals surface area (Å²) < 4.78 is 2.07. The highest BCUT2D eigenvalue weighted by atomic mass is 15.3. The third kappa shape index (κ3) is 5.31. The van der Waals surface area contributed by atoms with Gasteiger partial charge in [-0.05, 0) is 43.8 Å². The summed E-state index contributed by atoms with van der Waals surface area (Å²) in [5.41, 5.74) is 1.36. The van der Waals surface area contributed by atoms with Crippen LogP contribution in [0.5, 0.6) is 0 Å². The maximum atomic E-state index is 4.38. The summed E-state index contributed by atoms with van der Waals surface area (Å²) in [7, 11) is 0. The van der Waals surface area contributed by atoms with Crippen LogP contribution in [0.2, 0.25) is 0 Å². The maximum absolute atomic E-state index is 4.38. The van der Waals surface area contributed by atoms with E-state index < -0.39 is 0 Å².